The number of nitrogens with zero attached hydrogens (tertiary/aromatic N) is 6. The van der Waals surface area contributed by atoms with Crippen molar-refractivity contribution in [2.24, 2.45) is 0 Å². The number of benzene rings is 1. The van der Waals surface area contributed by atoms with Crippen molar-refractivity contribution >= 4 is 220 Å². The minimum atomic E-state index is -1.35. The molecule has 4 saturated heterocycles. The molecule has 8 atom stereocenters. The number of ether oxygens (including phenoxy) is 3. The Labute approximate surface area is 513 Å². The van der Waals surface area contributed by atoms with E-state index in [4.69, 9.17) is 14.2 Å². The van der Waals surface area contributed by atoms with Crippen LogP contribution in [-0.4, -0.2) is 133 Å². The van der Waals surface area contributed by atoms with Gasteiger partial charge in [-0.15, -0.1) is 0 Å². The first-order valence-corrected chi connectivity index (χ1v) is 41.1. The minimum Gasteiger partial charge on any atom is -0.455 e. The Hall–Kier alpha value is -2.02. The average Bonchev–Trinajstić information content (AvgIpc) is 4.31. The number of fused-ring (bicyclic) bond motifs is 2. The van der Waals surface area contributed by atoms with Crippen LogP contribution in [-0.2, 0) is 173 Å². The Bertz CT molecular complexity index is 3470. The van der Waals surface area contributed by atoms with Crippen LogP contribution in [0.15, 0.2) is 82.4 Å². The summed E-state index contributed by atoms with van der Waals surface area (Å²) in [6.07, 6.45) is 0.659. The van der Waals surface area contributed by atoms with Crippen LogP contribution in [0.5, 0.6) is 6.01 Å². The highest BCUT2D eigenvalue weighted by atomic mass is 79.9. The number of halogens is 4. The van der Waals surface area contributed by atoms with Gasteiger partial charge in [-0.25, -0.2) is 28.7 Å². The molecule has 4 aliphatic heterocycles. The summed E-state index contributed by atoms with van der Waals surface area (Å²) < 4.78 is 47.3. The molecule has 0 aliphatic carbocycles. The van der Waals surface area contributed by atoms with Crippen molar-refractivity contribution in [3.8, 4) is 17.1 Å². The molecule has 3 amide bonds. The van der Waals surface area contributed by atoms with Gasteiger partial charge in [0.15, 0.2) is 11.9 Å². The van der Waals surface area contributed by atoms with Crippen molar-refractivity contribution in [3.05, 3.63) is 88.0 Å². The van der Waals surface area contributed by atoms with Gasteiger partial charge in [-0.3, -0.25) is 19.2 Å². The minimum absolute atomic E-state index is 0.127. The molecule has 36 heteroatoms. The number of hydrogen-bond donors (Lipinski definition) is 4. The van der Waals surface area contributed by atoms with E-state index in [9.17, 15) is 33.1 Å². The van der Waals surface area contributed by atoms with Gasteiger partial charge in [-0.1, -0.05) is 18.2 Å². The van der Waals surface area contributed by atoms with Crippen molar-refractivity contribution < 1.29 is 47.3 Å². The van der Waals surface area contributed by atoms with E-state index < -0.39 is 60.7 Å². The molecule has 0 radical (unpaired) electrons. The number of ketones is 1. The van der Waals surface area contributed by atoms with Crippen LogP contribution in [0.2, 0.25) is 0 Å². The number of pyridine rings is 2. The Morgan fingerprint density at radius 3 is 1.95 bits per heavy atom. The number of likely N-dealkylation sites (tertiary alicyclic amines) is 1. The third-order valence-electron chi connectivity index (χ3n) is 11.2. The summed E-state index contributed by atoms with van der Waals surface area (Å²) in [4.78, 5) is 69.1. The molecule has 1 aromatic carbocycles. The van der Waals surface area contributed by atoms with Gasteiger partial charge in [-0.05, 0) is 80.7 Å². The molecule has 9 rings (SSSR count). The predicted octanol–water partition coefficient (Wildman–Crippen LogP) is 4.39. The molecule has 0 saturated carbocycles. The van der Waals surface area contributed by atoms with E-state index in [1.165, 1.54) is 65.1 Å². The van der Waals surface area contributed by atoms with Crippen LogP contribution >= 0.6 is 31.9 Å². The van der Waals surface area contributed by atoms with Crippen molar-refractivity contribution in [1.29, 1.82) is 0 Å². The molecule has 0 unspecified atom stereocenters. The molecule has 420 valence electrons. The van der Waals surface area contributed by atoms with Gasteiger partial charge in [0, 0.05) is 202 Å². The highest BCUT2D eigenvalue weighted by molar-refractivity contribution is 9.10. The Morgan fingerprint density at radius 2 is 1.37 bits per heavy atom. The van der Waals surface area contributed by atoms with Crippen LogP contribution in [0.25, 0.3) is 22.0 Å². The summed E-state index contributed by atoms with van der Waals surface area (Å²) in [6, 6.07) is 14.3. The third-order valence-corrected chi connectivity index (χ3v) is 32.1. The topological polar surface area (TPSA) is 212 Å². The number of hydrogen-bond acceptors (Lipinski definition) is 17. The fourth-order valence-corrected chi connectivity index (χ4v) is 27.9. The summed E-state index contributed by atoms with van der Waals surface area (Å²) >= 11 is 24.8. The second-order valence-electron chi connectivity index (χ2n) is 16.1. The van der Waals surface area contributed by atoms with E-state index in [0.29, 0.717) is 37.1 Å². The largest absolute Gasteiger partial charge is 0.455 e. The zero-order valence-corrected chi connectivity index (χ0v) is 55.0. The standard InChI is InChI=1S/C32H30BrFN6O7.C10H11BrFN3O.S9.S6/c1-16(41)21-12-39(13-28(43)40-11-19(34)8-23(40)31(44)38-27-4-2-3-26(33)37-27)22-6-5-17(7-20(21)22)18-9-35-32(36-10-18)47-25-15-46-29-24(42)14-45-30(25)29;11-8-2-1-3-9(14-8)15-10(16)7-4-6(12)5-13-7;1-3-5-7-9-8-6-4-2;1-3-5-6-4-2/h2-7,9-10,12,19,23-25,29-30,42H,8,11,13-15H2,1H3,(H,37,38,44);1-3,6-7,13H,4-5H2,(H,14,15,16);;/t19-,23+,24-,25-,29-,30-;6-,7+;;/m11../s1. The first-order valence-electron chi connectivity index (χ1n) is 22.2. The molecule has 4 fully saturated rings. The van der Waals surface area contributed by atoms with Gasteiger partial charge in [-0.2, -0.15) is 0 Å². The van der Waals surface area contributed by atoms with Crippen LogP contribution in [0.1, 0.15) is 30.1 Å². The number of aromatic nitrogens is 5. The molecule has 0 spiro atoms. The number of rotatable bonds is 10. The Kier molecular flexibility index (Phi) is 28.3. The van der Waals surface area contributed by atoms with Crippen molar-refractivity contribution in [3.63, 3.8) is 0 Å². The Morgan fingerprint density at radius 1 is 0.782 bits per heavy atom. The smallest absolute Gasteiger partial charge is 0.316 e. The van der Waals surface area contributed by atoms with Crippen LogP contribution < -0.4 is 20.7 Å². The molecule has 17 nitrogen and oxygen atoms in total. The van der Waals surface area contributed by atoms with E-state index >= 15 is 0 Å². The van der Waals surface area contributed by atoms with Gasteiger partial charge in [0.1, 0.15) is 64.1 Å². The molecule has 4 N–H and O–H groups in total. The number of aliphatic hydroxyl groups excluding tert-OH is 1. The number of nitrogens with one attached hydrogen (secondary N) is 3. The zero-order valence-electron chi connectivity index (χ0n) is 39.6. The van der Waals surface area contributed by atoms with Gasteiger partial charge >= 0.3 is 6.01 Å². The maximum atomic E-state index is 14.6. The second-order valence-corrected chi connectivity index (χ2v) is 37.2. The number of carbonyl (C=O) groups is 4. The fraction of sp³-hybridized carbons (Fsp3) is 0.381. The van der Waals surface area contributed by atoms with E-state index in [1.807, 2.05) is 12.1 Å². The molecular weight excluding hydrogens is 1440 g/mol. The van der Waals surface area contributed by atoms with Gasteiger partial charge < -0.3 is 44.7 Å². The quantitative estimate of drug-likeness (QED) is 0.113. The van der Waals surface area contributed by atoms with E-state index in [0.717, 1.165) is 5.56 Å². The van der Waals surface area contributed by atoms with Crippen LogP contribution in [0.3, 0.4) is 0 Å². The first-order chi connectivity index (χ1) is 37.6. The monoisotopic (exact) mass is 1470 g/mol. The molecule has 78 heavy (non-hydrogen) atoms. The van der Waals surface area contributed by atoms with E-state index in [1.54, 1.807) is 110 Å². The van der Waals surface area contributed by atoms with Crippen molar-refractivity contribution in [2.75, 3.05) is 36.9 Å². The summed E-state index contributed by atoms with van der Waals surface area (Å²) in [6.45, 7) is 1.72. The molecule has 5 aromatic rings. The number of carbonyl (C=O) groups excluding carboxylic acids is 4. The molecule has 4 aromatic heterocycles. The Balaban J connectivity index is 0.000000257. The molecule has 8 heterocycles. The summed E-state index contributed by atoms with van der Waals surface area (Å²) in [5.74, 6) is -0.678. The van der Waals surface area contributed by atoms with Crippen molar-refractivity contribution in [1.82, 2.24) is 34.7 Å². The molecule has 4 aliphatic rings. The maximum Gasteiger partial charge on any atom is 0.316 e. The third kappa shape index (κ3) is 19.8. The SMILES string of the molecule is CC(=O)c1cn(CC(=O)N2C[C@H](F)C[C@H]2C(=O)Nc2cccc(Br)n2)c2ccc(-c3cnc(O[C@@H]4CO[C@H]5[C@@H]4OC[C@H]5O)nc3)cc12.O=C(Nc1cccc(Br)n1)[C@@H]1C[C@@H](F)CN1.S=S=S=S=S=S.S=S=S=S=S=S=S=S=S. The predicted molar refractivity (Wildman–Crippen MR) is 341 cm³/mol. The van der Waals surface area contributed by atoms with Gasteiger partial charge in [0.2, 0.25) is 17.7 Å². The molecule has 0 bridgehead atoms. The lowest BCUT2D eigenvalue weighted by Gasteiger charge is -2.24. The highest BCUT2D eigenvalue weighted by Gasteiger charge is 2.49. The highest BCUT2D eigenvalue weighted by Crippen LogP contribution is 2.32. The first kappa shape index (κ1) is 65.1. The van der Waals surface area contributed by atoms with Gasteiger partial charge in [0.25, 0.3) is 0 Å². The fourth-order valence-electron chi connectivity index (χ4n) is 7.99. The lowest BCUT2D eigenvalue weighted by Crippen LogP contribution is -2.44. The summed E-state index contributed by atoms with van der Waals surface area (Å²) in [7, 11) is 16.5. The molecular formula is C42H41Br2F2N9O8S15. The van der Waals surface area contributed by atoms with Crippen LogP contribution in [0, 0.1) is 0 Å². The zero-order chi connectivity index (χ0) is 56.1. The lowest BCUT2D eigenvalue weighted by atomic mass is 10.0. The summed E-state index contributed by atoms with van der Waals surface area (Å²) in [5, 5.41) is 18.7. The lowest BCUT2D eigenvalue weighted by molar-refractivity contribution is -0.137. The number of alkyl halides is 2. The number of Topliss-reactive ketones (excluding diaryl/α,β-unsaturated/α-hetero) is 1. The van der Waals surface area contributed by atoms with E-state index in [2.05, 4.69) is 112 Å². The van der Waals surface area contributed by atoms with Crippen LogP contribution in [0.4, 0.5) is 20.4 Å². The van der Waals surface area contributed by atoms with Crippen molar-refractivity contribution in [2.45, 2.75) is 75.2 Å². The van der Waals surface area contributed by atoms with E-state index in [-0.39, 0.29) is 69.2 Å². The second kappa shape index (κ2) is 33.9. The van der Waals surface area contributed by atoms with Gasteiger partial charge in [0.05, 0.1) is 25.8 Å². The summed E-state index contributed by atoms with van der Waals surface area (Å²) in [5.41, 5.74) is 2.44. The number of anilines is 2. The average molecular weight is 1480 g/mol. The number of amides is 3. The normalized spacial score (nSPS) is 21.4. The number of aliphatic hydroxyl groups is 1. The maximum absolute atomic E-state index is 14.6.